The maximum Gasteiger partial charge on any atom is 0.241 e. The van der Waals surface area contributed by atoms with Crippen LogP contribution in [-0.2, 0) is 16.4 Å². The van der Waals surface area contributed by atoms with E-state index in [1.54, 1.807) is 23.5 Å². The largest absolute Gasteiger partial charge is 0.241 e. The minimum absolute atomic E-state index is 0.317. The van der Waals surface area contributed by atoms with Crippen LogP contribution in [0.1, 0.15) is 4.88 Å². The minimum Gasteiger partial charge on any atom is -0.211 e. The number of rotatable bonds is 6. The van der Waals surface area contributed by atoms with Crippen LogP contribution in [0.25, 0.3) is 11.1 Å². The molecule has 0 spiro atoms. The van der Waals surface area contributed by atoms with Gasteiger partial charge in [0.2, 0.25) is 10.0 Å². The van der Waals surface area contributed by atoms with Crippen molar-refractivity contribution in [1.82, 2.24) is 4.72 Å². The lowest BCUT2D eigenvalue weighted by Gasteiger charge is -2.11. The van der Waals surface area contributed by atoms with Gasteiger partial charge in [0.15, 0.2) is 0 Å². The SMILES string of the molecule is O=S(=O)(NCCc1cccs1)c1ccccc1-c1ccccc1. The van der Waals surface area contributed by atoms with Crippen LogP contribution in [0.2, 0.25) is 0 Å². The topological polar surface area (TPSA) is 46.2 Å². The zero-order chi connectivity index (χ0) is 16.1. The van der Waals surface area contributed by atoms with Gasteiger partial charge in [0.05, 0.1) is 4.90 Å². The van der Waals surface area contributed by atoms with E-state index >= 15 is 0 Å². The van der Waals surface area contributed by atoms with Crippen molar-refractivity contribution in [3.05, 3.63) is 77.0 Å². The van der Waals surface area contributed by atoms with Crippen LogP contribution < -0.4 is 4.72 Å². The molecule has 0 aliphatic rings. The standard InChI is InChI=1S/C18H17NO2S2/c20-23(21,19-13-12-16-9-6-14-22-16)18-11-5-4-10-17(18)15-7-2-1-3-8-15/h1-11,14,19H,12-13H2. The molecular formula is C18H17NO2S2. The van der Waals surface area contributed by atoms with Crippen molar-refractivity contribution in [3.63, 3.8) is 0 Å². The Bertz CT molecular complexity index is 857. The molecule has 2 aromatic carbocycles. The van der Waals surface area contributed by atoms with E-state index in [1.807, 2.05) is 60.0 Å². The fourth-order valence-corrected chi connectivity index (χ4v) is 4.37. The third-order valence-electron chi connectivity index (χ3n) is 3.50. The molecule has 3 rings (SSSR count). The highest BCUT2D eigenvalue weighted by Crippen LogP contribution is 2.26. The smallest absolute Gasteiger partial charge is 0.211 e. The molecule has 0 saturated carbocycles. The molecule has 118 valence electrons. The summed E-state index contributed by atoms with van der Waals surface area (Å²) in [7, 11) is -3.54. The quantitative estimate of drug-likeness (QED) is 0.737. The number of sulfonamides is 1. The van der Waals surface area contributed by atoms with E-state index in [0.29, 0.717) is 17.9 Å². The summed E-state index contributed by atoms with van der Waals surface area (Å²) in [4.78, 5) is 1.49. The number of benzene rings is 2. The van der Waals surface area contributed by atoms with Crippen molar-refractivity contribution < 1.29 is 8.42 Å². The van der Waals surface area contributed by atoms with E-state index < -0.39 is 10.0 Å². The Balaban J connectivity index is 1.82. The lowest BCUT2D eigenvalue weighted by atomic mass is 10.1. The predicted octanol–water partition coefficient (Wildman–Crippen LogP) is 3.94. The van der Waals surface area contributed by atoms with Gasteiger partial charge >= 0.3 is 0 Å². The highest BCUT2D eigenvalue weighted by Gasteiger charge is 2.18. The second kappa shape index (κ2) is 7.08. The zero-order valence-electron chi connectivity index (χ0n) is 12.5. The molecule has 0 saturated heterocycles. The van der Waals surface area contributed by atoms with Crippen molar-refractivity contribution in [1.29, 1.82) is 0 Å². The summed E-state index contributed by atoms with van der Waals surface area (Å²) in [5.41, 5.74) is 1.61. The Labute approximate surface area is 140 Å². The van der Waals surface area contributed by atoms with Crippen molar-refractivity contribution >= 4 is 21.4 Å². The molecule has 1 N–H and O–H groups in total. The molecule has 23 heavy (non-hydrogen) atoms. The summed E-state index contributed by atoms with van der Waals surface area (Å²) >= 11 is 1.63. The van der Waals surface area contributed by atoms with Gasteiger partial charge < -0.3 is 0 Å². The number of hydrogen-bond donors (Lipinski definition) is 1. The van der Waals surface area contributed by atoms with Gasteiger partial charge in [-0.1, -0.05) is 54.6 Å². The van der Waals surface area contributed by atoms with Crippen LogP contribution in [0.4, 0.5) is 0 Å². The molecule has 0 amide bonds. The van der Waals surface area contributed by atoms with E-state index in [1.165, 1.54) is 4.88 Å². The molecule has 0 bridgehead atoms. The summed E-state index contributed by atoms with van der Waals surface area (Å²) in [6, 6.07) is 20.6. The fourth-order valence-electron chi connectivity index (χ4n) is 2.40. The lowest BCUT2D eigenvalue weighted by Crippen LogP contribution is -2.26. The Morgan fingerprint density at radius 3 is 2.35 bits per heavy atom. The molecule has 3 nitrogen and oxygen atoms in total. The second-order valence-corrected chi connectivity index (χ2v) is 7.86. The molecule has 0 radical (unpaired) electrons. The highest BCUT2D eigenvalue weighted by atomic mass is 32.2. The van der Waals surface area contributed by atoms with Crippen molar-refractivity contribution in [3.8, 4) is 11.1 Å². The highest BCUT2D eigenvalue weighted by molar-refractivity contribution is 7.89. The van der Waals surface area contributed by atoms with Gasteiger partial charge in [0, 0.05) is 17.0 Å². The lowest BCUT2D eigenvalue weighted by molar-refractivity contribution is 0.582. The molecule has 1 aromatic heterocycles. The van der Waals surface area contributed by atoms with E-state index in [2.05, 4.69) is 4.72 Å². The minimum atomic E-state index is -3.54. The first kappa shape index (κ1) is 15.9. The van der Waals surface area contributed by atoms with Gasteiger partial charge in [-0.3, -0.25) is 0 Å². The van der Waals surface area contributed by atoms with Crippen LogP contribution in [0.5, 0.6) is 0 Å². The van der Waals surface area contributed by atoms with E-state index in [9.17, 15) is 8.42 Å². The van der Waals surface area contributed by atoms with Crippen LogP contribution >= 0.6 is 11.3 Å². The first-order valence-corrected chi connectivity index (χ1v) is 9.69. The van der Waals surface area contributed by atoms with Crippen LogP contribution in [-0.4, -0.2) is 15.0 Å². The average Bonchev–Trinajstić information content (AvgIpc) is 3.09. The molecule has 5 heteroatoms. The van der Waals surface area contributed by atoms with Crippen molar-refractivity contribution in [2.24, 2.45) is 0 Å². The average molecular weight is 343 g/mol. The maximum absolute atomic E-state index is 12.6. The van der Waals surface area contributed by atoms with Gasteiger partial charge in [0.1, 0.15) is 0 Å². The van der Waals surface area contributed by atoms with Crippen LogP contribution in [0.15, 0.2) is 77.0 Å². The normalized spacial score (nSPS) is 11.5. The first-order chi connectivity index (χ1) is 11.2. The van der Waals surface area contributed by atoms with Gasteiger partial charge in [-0.05, 0) is 29.5 Å². The number of nitrogens with one attached hydrogen (secondary N) is 1. The molecule has 3 aromatic rings. The third kappa shape index (κ3) is 3.88. The van der Waals surface area contributed by atoms with Gasteiger partial charge in [0.25, 0.3) is 0 Å². The van der Waals surface area contributed by atoms with E-state index in [0.717, 1.165) is 11.1 Å². The molecule has 0 fully saturated rings. The summed E-state index contributed by atoms with van der Waals surface area (Å²) in [5.74, 6) is 0. The monoisotopic (exact) mass is 343 g/mol. The Hall–Kier alpha value is -1.95. The van der Waals surface area contributed by atoms with Gasteiger partial charge in [-0.2, -0.15) is 0 Å². The van der Waals surface area contributed by atoms with E-state index in [4.69, 9.17) is 0 Å². The Morgan fingerprint density at radius 2 is 1.61 bits per heavy atom. The Kier molecular flexibility index (Phi) is 4.91. The molecule has 0 unspecified atom stereocenters. The third-order valence-corrected chi connectivity index (χ3v) is 5.96. The molecule has 0 aliphatic carbocycles. The fraction of sp³-hybridized carbons (Fsp3) is 0.111. The molecule has 1 heterocycles. The maximum atomic E-state index is 12.6. The molecule has 0 atom stereocenters. The van der Waals surface area contributed by atoms with E-state index in [-0.39, 0.29) is 0 Å². The van der Waals surface area contributed by atoms with Crippen LogP contribution in [0.3, 0.4) is 0 Å². The molecule has 0 aliphatic heterocycles. The zero-order valence-corrected chi connectivity index (χ0v) is 14.1. The summed E-state index contributed by atoms with van der Waals surface area (Å²) in [6.45, 7) is 0.395. The summed E-state index contributed by atoms with van der Waals surface area (Å²) < 4.78 is 28.0. The van der Waals surface area contributed by atoms with Crippen LogP contribution in [0, 0.1) is 0 Å². The van der Waals surface area contributed by atoms with Crippen molar-refractivity contribution in [2.45, 2.75) is 11.3 Å². The number of thiophene rings is 1. The summed E-state index contributed by atoms with van der Waals surface area (Å²) in [6.07, 6.45) is 0.699. The predicted molar refractivity (Wildman–Crippen MR) is 95.1 cm³/mol. The van der Waals surface area contributed by atoms with Crippen molar-refractivity contribution in [2.75, 3.05) is 6.54 Å². The summed E-state index contributed by atoms with van der Waals surface area (Å²) in [5, 5.41) is 1.99. The van der Waals surface area contributed by atoms with Gasteiger partial charge in [-0.25, -0.2) is 13.1 Å². The van der Waals surface area contributed by atoms with Gasteiger partial charge in [-0.15, -0.1) is 11.3 Å². The Morgan fingerprint density at radius 1 is 0.870 bits per heavy atom. The molecular weight excluding hydrogens is 326 g/mol. The first-order valence-electron chi connectivity index (χ1n) is 7.33. The second-order valence-electron chi connectivity index (χ2n) is 5.09. The number of hydrogen-bond acceptors (Lipinski definition) is 3.